The summed E-state index contributed by atoms with van der Waals surface area (Å²) in [7, 11) is 0. The minimum Gasteiger partial charge on any atom is -0.408 e. The van der Waals surface area contributed by atoms with Gasteiger partial charge in [-0.3, -0.25) is 4.57 Å². The zero-order valence-electron chi connectivity index (χ0n) is 18.0. The topological polar surface area (TPSA) is 147 Å². The average molecular weight is 462 g/mol. The quantitative estimate of drug-likeness (QED) is 0.415. The second kappa shape index (κ2) is 8.84. The highest BCUT2D eigenvalue weighted by Crippen LogP contribution is 2.34. The zero-order valence-corrected chi connectivity index (χ0v) is 18.7. The number of benzene rings is 1. The molecular weight excluding hydrogens is 442 g/mol. The summed E-state index contributed by atoms with van der Waals surface area (Å²) < 4.78 is 6.88. The van der Waals surface area contributed by atoms with E-state index in [0.29, 0.717) is 56.3 Å². The molecule has 3 heterocycles. The smallest absolute Gasteiger partial charge is 0.408 e. The van der Waals surface area contributed by atoms with E-state index in [1.165, 1.54) is 17.0 Å². The van der Waals surface area contributed by atoms with E-state index in [1.54, 1.807) is 18.2 Å². The molecule has 0 saturated carbocycles. The second-order valence-corrected chi connectivity index (χ2v) is 8.35. The van der Waals surface area contributed by atoms with Gasteiger partial charge in [0.1, 0.15) is 17.7 Å². The standard InChI is InChI=1S/C23H20ClN7O2/c1-12(2)5-17-15(7-25)21(16(8-26)22(27)30-17)13-3-4-18-19(6-13)33-23(32)31(18)11-20-28-9-14(24)10-29-20/h3-4,6,8-10,12,26H,5,11H2,1-2H3,(H2,27,30). The molecule has 0 saturated heterocycles. The van der Waals surface area contributed by atoms with Crippen molar-refractivity contribution in [3.63, 3.8) is 0 Å². The number of fused-ring (bicyclic) bond motifs is 1. The van der Waals surface area contributed by atoms with Crippen LogP contribution in [0.2, 0.25) is 5.02 Å². The van der Waals surface area contributed by atoms with Crippen LogP contribution in [0.5, 0.6) is 0 Å². The summed E-state index contributed by atoms with van der Waals surface area (Å²) in [5.74, 6) is 0.274. The maximum absolute atomic E-state index is 12.5. The van der Waals surface area contributed by atoms with Gasteiger partial charge in [-0.2, -0.15) is 5.26 Å². The summed E-state index contributed by atoms with van der Waals surface area (Å²) in [5.41, 5.74) is 9.37. The van der Waals surface area contributed by atoms with Gasteiger partial charge in [0, 0.05) is 29.7 Å². The number of halogens is 1. The lowest BCUT2D eigenvalue weighted by Crippen LogP contribution is -2.16. The number of nitrogens with two attached hydrogens (primary N) is 1. The van der Waals surface area contributed by atoms with E-state index in [1.807, 2.05) is 13.8 Å². The van der Waals surface area contributed by atoms with Crippen molar-refractivity contribution in [2.75, 3.05) is 5.73 Å². The Morgan fingerprint density at radius 1 is 1.33 bits per heavy atom. The summed E-state index contributed by atoms with van der Waals surface area (Å²) in [6.45, 7) is 4.16. The molecule has 0 atom stereocenters. The number of hydrogen-bond acceptors (Lipinski definition) is 8. The molecule has 0 radical (unpaired) electrons. The number of nitrogen functional groups attached to an aromatic ring is 1. The van der Waals surface area contributed by atoms with Crippen molar-refractivity contribution < 1.29 is 4.42 Å². The molecule has 0 aliphatic carbocycles. The van der Waals surface area contributed by atoms with Crippen LogP contribution in [0.15, 0.2) is 39.8 Å². The molecule has 1 aromatic carbocycles. The zero-order chi connectivity index (χ0) is 23.7. The molecule has 0 bridgehead atoms. The number of nitriles is 1. The van der Waals surface area contributed by atoms with Gasteiger partial charge < -0.3 is 15.6 Å². The lowest BCUT2D eigenvalue weighted by molar-refractivity contribution is 0.514. The van der Waals surface area contributed by atoms with E-state index in [2.05, 4.69) is 21.0 Å². The number of anilines is 1. The second-order valence-electron chi connectivity index (χ2n) is 7.92. The first-order chi connectivity index (χ1) is 15.8. The van der Waals surface area contributed by atoms with Gasteiger partial charge in [-0.15, -0.1) is 0 Å². The predicted molar refractivity (Wildman–Crippen MR) is 125 cm³/mol. The number of nitrogens with zero attached hydrogens (tertiary/aromatic N) is 5. The Hall–Kier alpha value is -4.03. The van der Waals surface area contributed by atoms with Gasteiger partial charge in [0.15, 0.2) is 5.58 Å². The minimum atomic E-state index is -0.566. The molecule has 0 fully saturated rings. The van der Waals surface area contributed by atoms with E-state index in [0.717, 1.165) is 6.21 Å². The lowest BCUT2D eigenvalue weighted by Gasteiger charge is -2.15. The van der Waals surface area contributed by atoms with Crippen molar-refractivity contribution in [3.05, 3.63) is 68.8 Å². The number of rotatable bonds is 6. The van der Waals surface area contributed by atoms with Gasteiger partial charge in [0.25, 0.3) is 0 Å². The highest BCUT2D eigenvalue weighted by atomic mass is 35.5. The Bertz CT molecular complexity index is 1460. The van der Waals surface area contributed by atoms with Crippen molar-refractivity contribution in [2.24, 2.45) is 5.92 Å². The fraction of sp³-hybridized carbons (Fsp3) is 0.217. The Balaban J connectivity index is 1.87. The van der Waals surface area contributed by atoms with Crippen LogP contribution in [0.4, 0.5) is 5.82 Å². The maximum atomic E-state index is 12.5. The summed E-state index contributed by atoms with van der Waals surface area (Å²) in [5, 5.41) is 18.2. The van der Waals surface area contributed by atoms with Gasteiger partial charge >= 0.3 is 5.76 Å². The molecule has 0 aliphatic rings. The predicted octanol–water partition coefficient (Wildman–Crippen LogP) is 3.80. The summed E-state index contributed by atoms with van der Waals surface area (Å²) in [6, 6.07) is 7.37. The molecule has 4 rings (SSSR count). The van der Waals surface area contributed by atoms with Crippen LogP contribution in [0.1, 0.15) is 36.5 Å². The lowest BCUT2D eigenvalue weighted by atomic mass is 9.92. The van der Waals surface area contributed by atoms with E-state index in [9.17, 15) is 10.1 Å². The van der Waals surface area contributed by atoms with Crippen molar-refractivity contribution >= 4 is 34.7 Å². The molecule has 0 unspecified atom stereocenters. The monoisotopic (exact) mass is 461 g/mol. The Morgan fingerprint density at radius 2 is 2.06 bits per heavy atom. The molecule has 0 aliphatic heterocycles. The van der Waals surface area contributed by atoms with Crippen molar-refractivity contribution in [1.82, 2.24) is 19.5 Å². The number of pyridine rings is 1. The van der Waals surface area contributed by atoms with Crippen LogP contribution >= 0.6 is 11.6 Å². The summed E-state index contributed by atoms with van der Waals surface area (Å²) in [6.07, 6.45) is 4.56. The third-order valence-corrected chi connectivity index (χ3v) is 5.32. The minimum absolute atomic E-state index is 0.109. The molecule has 166 valence electrons. The number of aromatic nitrogens is 4. The summed E-state index contributed by atoms with van der Waals surface area (Å²) >= 11 is 5.83. The molecule has 3 aromatic heterocycles. The van der Waals surface area contributed by atoms with Gasteiger partial charge in [0.05, 0.1) is 28.3 Å². The fourth-order valence-corrected chi connectivity index (χ4v) is 3.80. The van der Waals surface area contributed by atoms with E-state index >= 15 is 0 Å². The van der Waals surface area contributed by atoms with Crippen molar-refractivity contribution in [1.29, 1.82) is 10.7 Å². The van der Waals surface area contributed by atoms with E-state index in [4.69, 9.17) is 27.2 Å². The highest BCUT2D eigenvalue weighted by molar-refractivity contribution is 6.30. The molecule has 33 heavy (non-hydrogen) atoms. The van der Waals surface area contributed by atoms with Crippen LogP contribution in [0.3, 0.4) is 0 Å². The Morgan fingerprint density at radius 3 is 2.70 bits per heavy atom. The van der Waals surface area contributed by atoms with Crippen LogP contribution in [-0.2, 0) is 13.0 Å². The maximum Gasteiger partial charge on any atom is 0.420 e. The highest BCUT2D eigenvalue weighted by Gasteiger charge is 2.21. The van der Waals surface area contributed by atoms with Gasteiger partial charge in [-0.1, -0.05) is 31.5 Å². The molecule has 4 aromatic rings. The van der Waals surface area contributed by atoms with Gasteiger partial charge in [-0.25, -0.2) is 19.7 Å². The molecule has 0 spiro atoms. The van der Waals surface area contributed by atoms with Crippen LogP contribution in [0.25, 0.3) is 22.2 Å². The van der Waals surface area contributed by atoms with Crippen LogP contribution in [-0.4, -0.2) is 25.7 Å². The van der Waals surface area contributed by atoms with Crippen molar-refractivity contribution in [3.8, 4) is 17.2 Å². The van der Waals surface area contributed by atoms with Crippen molar-refractivity contribution in [2.45, 2.75) is 26.8 Å². The summed E-state index contributed by atoms with van der Waals surface area (Å²) in [4.78, 5) is 25.2. The molecule has 0 amide bonds. The van der Waals surface area contributed by atoms with Crippen LogP contribution in [0, 0.1) is 22.7 Å². The van der Waals surface area contributed by atoms with E-state index in [-0.39, 0.29) is 18.3 Å². The first-order valence-electron chi connectivity index (χ1n) is 10.2. The number of nitrogens with one attached hydrogen (secondary N) is 1. The van der Waals surface area contributed by atoms with Gasteiger partial charge in [0.2, 0.25) is 0 Å². The largest absolute Gasteiger partial charge is 0.420 e. The number of oxazole rings is 1. The third-order valence-electron chi connectivity index (χ3n) is 5.13. The third kappa shape index (κ3) is 4.21. The molecular formula is C23H20ClN7O2. The van der Waals surface area contributed by atoms with Gasteiger partial charge in [-0.05, 0) is 30.0 Å². The SMILES string of the molecule is CC(C)Cc1nc(N)c(C=N)c(-c2ccc3c(c2)oc(=O)n3Cc2ncc(Cl)cn2)c1C#N. The normalized spacial score (nSPS) is 11.1. The van der Waals surface area contributed by atoms with Crippen LogP contribution < -0.4 is 11.5 Å². The first kappa shape index (κ1) is 22.2. The van der Waals surface area contributed by atoms with E-state index < -0.39 is 5.76 Å². The molecule has 10 heteroatoms. The number of hydrogen-bond donors (Lipinski definition) is 2. The average Bonchev–Trinajstić information content (AvgIpc) is 3.08. The molecule has 9 nitrogen and oxygen atoms in total. The Kier molecular flexibility index (Phi) is 5.94. The Labute approximate surface area is 194 Å². The molecule has 3 N–H and O–H groups in total. The fourth-order valence-electron chi connectivity index (χ4n) is 3.70. The first-order valence-corrected chi connectivity index (χ1v) is 10.5.